The highest BCUT2D eigenvalue weighted by Gasteiger charge is 2.32. The monoisotopic (exact) mass is 515 g/mol. The van der Waals surface area contributed by atoms with Crippen LogP contribution < -0.4 is 0 Å². The van der Waals surface area contributed by atoms with Gasteiger partial charge in [-0.1, -0.05) is 38.1 Å². The van der Waals surface area contributed by atoms with Gasteiger partial charge in [0.2, 0.25) is 0 Å². The number of halogens is 2. The molecule has 0 aliphatic carbocycles. The van der Waals surface area contributed by atoms with Crippen LogP contribution in [0.4, 0.5) is 5.69 Å². The Hall–Kier alpha value is -0.890. The maximum atomic E-state index is 9.85. The summed E-state index contributed by atoms with van der Waals surface area (Å²) in [4.78, 5) is 4.76. The lowest BCUT2D eigenvalue weighted by Crippen LogP contribution is -2.23. The van der Waals surface area contributed by atoms with Crippen LogP contribution in [0.5, 0.6) is 5.75 Å². The van der Waals surface area contributed by atoms with Crippen LogP contribution in [-0.4, -0.2) is 10.8 Å². The molecule has 3 rings (SSSR count). The lowest BCUT2D eigenvalue weighted by Gasteiger charge is -2.20. The van der Waals surface area contributed by atoms with E-state index in [1.165, 1.54) is 5.56 Å². The molecule has 0 saturated heterocycles. The van der Waals surface area contributed by atoms with Crippen LogP contribution >= 0.6 is 45.2 Å². The van der Waals surface area contributed by atoms with Gasteiger partial charge in [0.25, 0.3) is 0 Å². The molecule has 0 spiro atoms. The van der Waals surface area contributed by atoms with E-state index >= 15 is 0 Å². The third kappa shape index (κ3) is 2.82. The molecule has 0 aromatic heterocycles. The van der Waals surface area contributed by atoms with Crippen LogP contribution in [0.25, 0.3) is 6.08 Å². The normalized spacial score (nSPS) is 15.9. The fraction of sp³-hybridized carbons (Fsp3) is 0.167. The van der Waals surface area contributed by atoms with E-state index in [0.29, 0.717) is 5.75 Å². The van der Waals surface area contributed by atoms with Gasteiger partial charge in [0.05, 0.1) is 18.5 Å². The third-order valence-electron chi connectivity index (χ3n) is 3.93. The number of aromatic hydroxyl groups is 1. The number of rotatable bonds is 2. The molecule has 2 aromatic carbocycles. The first-order chi connectivity index (χ1) is 10.4. The highest BCUT2D eigenvalue weighted by molar-refractivity contribution is 14.1. The molecule has 2 aromatic rings. The third-order valence-corrected chi connectivity index (χ3v) is 5.58. The fourth-order valence-electron chi connectivity index (χ4n) is 2.61. The summed E-state index contributed by atoms with van der Waals surface area (Å²) < 4.78 is 1.72. The SMILES string of the molecule is CC1(C)C(C=Cc2cc(I)c(O)c(I)c2)=Nc2ccccc21. The van der Waals surface area contributed by atoms with Crippen molar-refractivity contribution >= 4 is 62.7 Å². The van der Waals surface area contributed by atoms with E-state index in [2.05, 4.69) is 89.4 Å². The average Bonchev–Trinajstić information content (AvgIpc) is 2.74. The van der Waals surface area contributed by atoms with Gasteiger partial charge in [0.15, 0.2) is 0 Å². The number of nitrogens with zero attached hydrogens (tertiary/aromatic N) is 1. The molecule has 0 atom stereocenters. The van der Waals surface area contributed by atoms with Crippen LogP contribution in [0.3, 0.4) is 0 Å². The van der Waals surface area contributed by atoms with E-state index in [1.54, 1.807) is 0 Å². The van der Waals surface area contributed by atoms with Crippen LogP contribution in [0.2, 0.25) is 0 Å². The first-order valence-corrected chi connectivity index (χ1v) is 9.10. The van der Waals surface area contributed by atoms with Crippen molar-refractivity contribution in [2.75, 3.05) is 0 Å². The van der Waals surface area contributed by atoms with Gasteiger partial charge >= 0.3 is 0 Å². The van der Waals surface area contributed by atoms with Crippen molar-refractivity contribution in [2.24, 2.45) is 4.99 Å². The minimum absolute atomic E-state index is 0.0790. The first-order valence-electron chi connectivity index (χ1n) is 6.94. The van der Waals surface area contributed by atoms with Gasteiger partial charge in [0, 0.05) is 5.41 Å². The van der Waals surface area contributed by atoms with Crippen LogP contribution in [0.1, 0.15) is 25.0 Å². The van der Waals surface area contributed by atoms with Gasteiger partial charge in [-0.3, -0.25) is 4.99 Å². The molecule has 0 unspecified atom stereocenters. The number of benzene rings is 2. The number of hydrogen-bond acceptors (Lipinski definition) is 2. The molecule has 0 saturated carbocycles. The predicted octanol–water partition coefficient (Wildman–Crippen LogP) is 5.68. The van der Waals surface area contributed by atoms with Crippen molar-refractivity contribution in [1.29, 1.82) is 0 Å². The highest BCUT2D eigenvalue weighted by Crippen LogP contribution is 2.40. The number of fused-ring (bicyclic) bond motifs is 1. The zero-order valence-electron chi connectivity index (χ0n) is 12.3. The summed E-state index contributed by atoms with van der Waals surface area (Å²) in [7, 11) is 0. The van der Waals surface area contributed by atoms with Gasteiger partial charge in [0.1, 0.15) is 5.75 Å². The zero-order valence-corrected chi connectivity index (χ0v) is 16.6. The van der Waals surface area contributed by atoms with Gasteiger partial charge in [-0.05, 0) is 80.6 Å². The summed E-state index contributed by atoms with van der Waals surface area (Å²) >= 11 is 4.30. The molecule has 0 radical (unpaired) electrons. The molecule has 4 heteroatoms. The minimum atomic E-state index is -0.0790. The van der Waals surface area contributed by atoms with E-state index < -0.39 is 0 Å². The lowest BCUT2D eigenvalue weighted by molar-refractivity contribution is 0.467. The molecule has 2 nitrogen and oxygen atoms in total. The second-order valence-corrected chi connectivity index (χ2v) is 8.13. The first kappa shape index (κ1) is 16.0. The van der Waals surface area contributed by atoms with Crippen molar-refractivity contribution in [3.8, 4) is 5.75 Å². The van der Waals surface area contributed by atoms with E-state index in [1.807, 2.05) is 18.2 Å². The Morgan fingerprint density at radius 3 is 2.32 bits per heavy atom. The van der Waals surface area contributed by atoms with Crippen molar-refractivity contribution in [3.05, 3.63) is 60.7 Å². The molecule has 0 fully saturated rings. The average molecular weight is 515 g/mol. The molecule has 1 heterocycles. The molecule has 1 N–H and O–H groups in total. The van der Waals surface area contributed by atoms with Gasteiger partial charge in [-0.25, -0.2) is 0 Å². The van der Waals surface area contributed by atoms with E-state index in [-0.39, 0.29) is 5.41 Å². The zero-order chi connectivity index (χ0) is 15.9. The second kappa shape index (κ2) is 5.96. The van der Waals surface area contributed by atoms with Gasteiger partial charge in [-0.2, -0.15) is 0 Å². The molecule has 112 valence electrons. The van der Waals surface area contributed by atoms with Crippen molar-refractivity contribution in [3.63, 3.8) is 0 Å². The number of hydrogen-bond donors (Lipinski definition) is 1. The Morgan fingerprint density at radius 1 is 1.05 bits per heavy atom. The molecule has 0 bridgehead atoms. The van der Waals surface area contributed by atoms with Crippen LogP contribution in [0.15, 0.2) is 47.5 Å². The van der Waals surface area contributed by atoms with Gasteiger partial charge in [-0.15, -0.1) is 0 Å². The highest BCUT2D eigenvalue weighted by atomic mass is 127. The minimum Gasteiger partial charge on any atom is -0.506 e. The Kier molecular flexibility index (Phi) is 4.33. The molecular formula is C18H15I2NO. The van der Waals surface area contributed by atoms with Crippen molar-refractivity contribution in [1.82, 2.24) is 0 Å². The Labute approximate surface area is 157 Å². The van der Waals surface area contributed by atoms with Crippen molar-refractivity contribution in [2.45, 2.75) is 19.3 Å². The largest absolute Gasteiger partial charge is 0.506 e. The van der Waals surface area contributed by atoms with Crippen molar-refractivity contribution < 1.29 is 5.11 Å². The quantitative estimate of drug-likeness (QED) is 0.514. The summed E-state index contributed by atoms with van der Waals surface area (Å²) in [5.41, 5.74) is 4.38. The lowest BCUT2D eigenvalue weighted by atomic mass is 9.81. The van der Waals surface area contributed by atoms with E-state index in [0.717, 1.165) is 24.1 Å². The molecule has 22 heavy (non-hydrogen) atoms. The smallest absolute Gasteiger partial charge is 0.142 e. The molecular weight excluding hydrogens is 500 g/mol. The number of para-hydroxylation sites is 1. The van der Waals surface area contributed by atoms with E-state index in [4.69, 9.17) is 4.99 Å². The summed E-state index contributed by atoms with van der Waals surface area (Å²) in [6.45, 7) is 4.40. The Bertz CT molecular complexity index is 783. The summed E-state index contributed by atoms with van der Waals surface area (Å²) in [5.74, 6) is 0.351. The molecule has 0 amide bonds. The molecule has 1 aliphatic rings. The fourth-order valence-corrected chi connectivity index (χ4v) is 4.43. The maximum Gasteiger partial charge on any atom is 0.142 e. The standard InChI is InChI=1S/C18H15I2NO/c1-18(2)12-5-3-4-6-15(12)21-16(18)8-7-11-9-13(19)17(22)14(20)10-11/h3-10,22H,1-2H3. The predicted molar refractivity (Wildman–Crippen MR) is 109 cm³/mol. The number of phenols is 1. The Morgan fingerprint density at radius 2 is 1.68 bits per heavy atom. The number of allylic oxidation sites excluding steroid dienone is 1. The van der Waals surface area contributed by atoms with Gasteiger partial charge < -0.3 is 5.11 Å². The van der Waals surface area contributed by atoms with Crippen LogP contribution in [-0.2, 0) is 5.41 Å². The summed E-state index contributed by atoms with van der Waals surface area (Å²) in [6.07, 6.45) is 4.15. The number of phenolic OH excluding ortho intramolecular Hbond substituents is 1. The Balaban J connectivity index is 1.95. The topological polar surface area (TPSA) is 32.6 Å². The number of aliphatic imine (C=N–C) groups is 1. The second-order valence-electron chi connectivity index (χ2n) is 5.81. The summed E-state index contributed by atoms with van der Waals surface area (Å²) in [5, 5.41) is 9.85. The maximum absolute atomic E-state index is 9.85. The molecule has 1 aliphatic heterocycles. The van der Waals surface area contributed by atoms with Crippen LogP contribution in [0, 0.1) is 7.14 Å². The summed E-state index contributed by atoms with van der Waals surface area (Å²) in [6, 6.07) is 12.2. The van der Waals surface area contributed by atoms with E-state index in [9.17, 15) is 5.11 Å².